The van der Waals surface area contributed by atoms with Gasteiger partial charge in [-0.2, -0.15) is 0 Å². The molecule has 5 nitrogen and oxygen atoms in total. The Morgan fingerprint density at radius 2 is 1.98 bits per heavy atom. The summed E-state index contributed by atoms with van der Waals surface area (Å²) in [6, 6.07) is 17.8. The summed E-state index contributed by atoms with van der Waals surface area (Å²) < 4.78 is 21.0. The summed E-state index contributed by atoms with van der Waals surface area (Å²) in [7, 11) is 0. The number of carboxylic acids is 1. The number of carboxylic acid groups (broad SMARTS) is 1. The van der Waals surface area contributed by atoms with Gasteiger partial charge in [0, 0.05) is 22.5 Å². The number of ether oxygens (including phenoxy) is 1. The Morgan fingerprint density at radius 3 is 2.76 bits per heavy atom. The van der Waals surface area contributed by atoms with Crippen LogP contribution in [-0.4, -0.2) is 28.2 Å². The molecule has 3 aliphatic rings. The zero-order chi connectivity index (χ0) is 28.6. The predicted octanol–water partition coefficient (Wildman–Crippen LogP) is 8.11. The number of alkyl halides is 1. The third-order valence-electron chi connectivity index (χ3n) is 9.84. The van der Waals surface area contributed by atoms with Gasteiger partial charge in [0.1, 0.15) is 17.5 Å². The molecule has 1 aromatic heterocycles. The van der Waals surface area contributed by atoms with Gasteiger partial charge in [-0.3, -0.25) is 4.98 Å². The maximum absolute atomic E-state index is 14.8. The minimum absolute atomic E-state index is 0.0698. The number of aliphatic carboxylic acids is 1. The summed E-state index contributed by atoms with van der Waals surface area (Å²) in [6.07, 6.45) is 7.47. The highest BCUT2D eigenvalue weighted by Crippen LogP contribution is 2.56. The van der Waals surface area contributed by atoms with E-state index in [0.29, 0.717) is 48.1 Å². The molecule has 41 heavy (non-hydrogen) atoms. The Balaban J connectivity index is 1.19. The van der Waals surface area contributed by atoms with Crippen molar-refractivity contribution >= 4 is 23.3 Å². The van der Waals surface area contributed by atoms with Crippen molar-refractivity contribution in [3.63, 3.8) is 0 Å². The molecule has 1 fully saturated rings. The van der Waals surface area contributed by atoms with E-state index in [9.17, 15) is 14.3 Å². The second kappa shape index (κ2) is 11.3. The average molecular weight is 577 g/mol. The van der Waals surface area contributed by atoms with Gasteiger partial charge in [-0.25, -0.2) is 9.18 Å². The Hall–Kier alpha value is -3.12. The van der Waals surface area contributed by atoms with Crippen molar-refractivity contribution in [1.29, 1.82) is 0 Å². The third kappa shape index (κ3) is 5.31. The smallest absolute Gasteiger partial charge is 0.329 e. The van der Waals surface area contributed by atoms with Gasteiger partial charge < -0.3 is 15.2 Å². The van der Waals surface area contributed by atoms with Gasteiger partial charge in [-0.15, -0.1) is 0 Å². The first-order valence-corrected chi connectivity index (χ1v) is 15.3. The van der Waals surface area contributed by atoms with Crippen molar-refractivity contribution in [1.82, 2.24) is 4.98 Å². The summed E-state index contributed by atoms with van der Waals surface area (Å²) in [4.78, 5) is 17.1. The van der Waals surface area contributed by atoms with E-state index in [1.165, 1.54) is 11.1 Å². The van der Waals surface area contributed by atoms with Crippen molar-refractivity contribution in [2.45, 2.75) is 81.8 Å². The maximum Gasteiger partial charge on any atom is 0.329 e. The normalized spacial score (nSPS) is 27.6. The summed E-state index contributed by atoms with van der Waals surface area (Å²) in [5.41, 5.74) is 3.85. The van der Waals surface area contributed by atoms with Crippen molar-refractivity contribution in [2.24, 2.45) is 11.8 Å². The van der Waals surface area contributed by atoms with Gasteiger partial charge in [-0.1, -0.05) is 48.9 Å². The van der Waals surface area contributed by atoms with Crippen LogP contribution in [0, 0.1) is 11.8 Å². The number of hydrogen-bond donors (Lipinski definition) is 2. The molecule has 0 radical (unpaired) electrons. The molecule has 1 heterocycles. The standard InChI is InChI=1S/C34H38ClFN2O3/c1-22(21-41-30-12-17-37-29-11-5-10-28(36)31(29)30)18-24-19-23-6-2-3-9-27(23)33(24)13-15-34(16-14-33,32(39)40)38-26-8-4-7-25(35)20-26/h2-4,6-9,12,17,20,22,24,28,38H,5,10-11,13-16,18-19,21H2,1H3,(H,39,40)/t22-,24+,28+,33?,34?/m1/s1. The van der Waals surface area contributed by atoms with Gasteiger partial charge in [0.15, 0.2) is 0 Å². The molecule has 0 amide bonds. The molecule has 3 atom stereocenters. The lowest BCUT2D eigenvalue weighted by Crippen LogP contribution is -2.53. The van der Waals surface area contributed by atoms with Crippen LogP contribution in [0.1, 0.15) is 80.4 Å². The molecule has 0 aliphatic heterocycles. The predicted molar refractivity (Wildman–Crippen MR) is 160 cm³/mol. The van der Waals surface area contributed by atoms with E-state index in [-0.39, 0.29) is 11.3 Å². The molecule has 216 valence electrons. The minimum Gasteiger partial charge on any atom is -0.493 e. The minimum atomic E-state index is -1.03. The lowest BCUT2D eigenvalue weighted by atomic mass is 9.59. The van der Waals surface area contributed by atoms with Crippen LogP contribution in [0.2, 0.25) is 5.02 Å². The number of benzene rings is 2. The largest absolute Gasteiger partial charge is 0.493 e. The molecule has 6 rings (SSSR count). The zero-order valence-electron chi connectivity index (χ0n) is 23.5. The number of fused-ring (bicyclic) bond motifs is 3. The second-order valence-electron chi connectivity index (χ2n) is 12.4. The van der Waals surface area contributed by atoms with Crippen LogP contribution >= 0.6 is 11.6 Å². The zero-order valence-corrected chi connectivity index (χ0v) is 24.3. The first-order chi connectivity index (χ1) is 19.8. The molecule has 0 bridgehead atoms. The summed E-state index contributed by atoms with van der Waals surface area (Å²) in [6.45, 7) is 2.73. The fourth-order valence-electron chi connectivity index (χ4n) is 7.74. The molecule has 2 N–H and O–H groups in total. The monoisotopic (exact) mass is 576 g/mol. The average Bonchev–Trinajstić information content (AvgIpc) is 3.25. The van der Waals surface area contributed by atoms with E-state index in [1.54, 1.807) is 24.4 Å². The number of rotatable bonds is 8. The van der Waals surface area contributed by atoms with Gasteiger partial charge in [0.05, 0.1) is 12.3 Å². The first kappa shape index (κ1) is 28.0. The van der Waals surface area contributed by atoms with Crippen molar-refractivity contribution in [2.75, 3.05) is 11.9 Å². The highest BCUT2D eigenvalue weighted by Gasteiger charge is 2.54. The molecule has 3 aromatic rings. The number of nitrogens with one attached hydrogen (secondary N) is 1. The van der Waals surface area contributed by atoms with Crippen LogP contribution in [-0.2, 0) is 23.1 Å². The number of hydrogen-bond acceptors (Lipinski definition) is 4. The van der Waals surface area contributed by atoms with E-state index in [2.05, 4.69) is 41.5 Å². The van der Waals surface area contributed by atoms with E-state index in [4.69, 9.17) is 16.3 Å². The maximum atomic E-state index is 14.8. The summed E-state index contributed by atoms with van der Waals surface area (Å²) in [5.74, 6) is 0.461. The molecule has 7 heteroatoms. The van der Waals surface area contributed by atoms with Crippen molar-refractivity contribution < 1.29 is 19.0 Å². The highest BCUT2D eigenvalue weighted by atomic mass is 35.5. The number of pyridine rings is 1. The molecule has 3 aliphatic carbocycles. The quantitative estimate of drug-likeness (QED) is 0.283. The van der Waals surface area contributed by atoms with Crippen LogP contribution < -0.4 is 10.1 Å². The van der Waals surface area contributed by atoms with E-state index in [1.807, 2.05) is 12.1 Å². The second-order valence-corrected chi connectivity index (χ2v) is 12.9. The number of nitrogens with zero attached hydrogens (tertiary/aromatic N) is 1. The number of halogens is 2. The number of aromatic nitrogens is 1. The lowest BCUT2D eigenvalue weighted by Gasteiger charge is -2.47. The molecular formula is C34H38ClFN2O3. The van der Waals surface area contributed by atoms with Crippen LogP contribution in [0.5, 0.6) is 5.75 Å². The first-order valence-electron chi connectivity index (χ1n) is 14.9. The third-order valence-corrected chi connectivity index (χ3v) is 10.1. The number of anilines is 1. The van der Waals surface area contributed by atoms with E-state index < -0.39 is 17.7 Å². The molecule has 0 unspecified atom stereocenters. The Morgan fingerprint density at radius 1 is 1.17 bits per heavy atom. The highest BCUT2D eigenvalue weighted by molar-refractivity contribution is 6.30. The van der Waals surface area contributed by atoms with Gasteiger partial charge in [0.2, 0.25) is 0 Å². The molecule has 0 saturated heterocycles. The van der Waals surface area contributed by atoms with Crippen LogP contribution in [0.3, 0.4) is 0 Å². The molecule has 1 spiro atoms. The topological polar surface area (TPSA) is 71.5 Å². The van der Waals surface area contributed by atoms with E-state index in [0.717, 1.165) is 49.9 Å². The number of aryl methyl sites for hydroxylation is 1. The Kier molecular flexibility index (Phi) is 7.71. The molecular weight excluding hydrogens is 539 g/mol. The van der Waals surface area contributed by atoms with Gasteiger partial charge in [-0.05, 0) is 110 Å². The van der Waals surface area contributed by atoms with Crippen LogP contribution in [0.15, 0.2) is 60.8 Å². The van der Waals surface area contributed by atoms with E-state index >= 15 is 0 Å². The lowest BCUT2D eigenvalue weighted by molar-refractivity contribution is -0.144. The fraction of sp³-hybridized carbons (Fsp3) is 0.471. The van der Waals surface area contributed by atoms with Gasteiger partial charge in [0.25, 0.3) is 0 Å². The Labute approximate surface area is 246 Å². The summed E-state index contributed by atoms with van der Waals surface area (Å²) >= 11 is 6.20. The number of carbonyl (C=O) groups is 1. The van der Waals surface area contributed by atoms with Crippen LogP contribution in [0.4, 0.5) is 10.1 Å². The van der Waals surface area contributed by atoms with Crippen molar-refractivity contribution in [3.8, 4) is 5.75 Å². The SMILES string of the molecule is C[C@@H](COc1ccnc2c1[C@@H](F)CCC2)C[C@H]1Cc2ccccc2C12CCC(Nc1cccc(Cl)c1)(C(=O)O)CC2. The van der Waals surface area contributed by atoms with Crippen LogP contribution in [0.25, 0.3) is 0 Å². The van der Waals surface area contributed by atoms with Gasteiger partial charge >= 0.3 is 5.97 Å². The molecule has 2 aromatic carbocycles. The Bertz CT molecular complexity index is 1420. The van der Waals surface area contributed by atoms with Crippen molar-refractivity contribution in [3.05, 3.63) is 88.2 Å². The fourth-order valence-corrected chi connectivity index (χ4v) is 7.93. The summed E-state index contributed by atoms with van der Waals surface area (Å²) in [5, 5.41) is 14.3. The molecule has 1 saturated carbocycles.